The summed E-state index contributed by atoms with van der Waals surface area (Å²) in [6.07, 6.45) is 0. The van der Waals surface area contributed by atoms with Crippen LogP contribution in [0.1, 0.15) is 17.2 Å². The lowest BCUT2D eigenvalue weighted by Crippen LogP contribution is -2.38. The van der Waals surface area contributed by atoms with E-state index in [1.54, 1.807) is 26.4 Å². The molecule has 0 fully saturated rings. The zero-order valence-corrected chi connectivity index (χ0v) is 18.9. The lowest BCUT2D eigenvalue weighted by atomic mass is 9.98. The first-order valence-electron chi connectivity index (χ1n) is 10.3. The van der Waals surface area contributed by atoms with Gasteiger partial charge in [0.05, 0.1) is 26.8 Å². The number of nitrogens with one attached hydrogen (secondary N) is 2. The number of carbonyl (C=O) groups is 1. The van der Waals surface area contributed by atoms with Gasteiger partial charge in [0.15, 0.2) is 0 Å². The number of carbonyl (C=O) groups excluding carboxylic acids is 1. The molecule has 2 N–H and O–H groups in total. The highest BCUT2D eigenvalue weighted by Crippen LogP contribution is 2.26. The minimum Gasteiger partial charge on any atom is -0.497 e. The van der Waals surface area contributed by atoms with Gasteiger partial charge in [0.2, 0.25) is 5.91 Å². The number of benzene rings is 3. The summed E-state index contributed by atoms with van der Waals surface area (Å²) in [6.45, 7) is 1.15. The van der Waals surface area contributed by atoms with Crippen LogP contribution in [0, 0.1) is 0 Å². The van der Waals surface area contributed by atoms with Crippen LogP contribution in [0.5, 0.6) is 17.2 Å². The van der Waals surface area contributed by atoms with E-state index in [9.17, 15) is 4.79 Å². The van der Waals surface area contributed by atoms with Crippen LogP contribution in [0.15, 0.2) is 72.8 Å². The fraction of sp³-hybridized carbons (Fsp3) is 0.240. The average Bonchev–Trinajstić information content (AvgIpc) is 2.84. The third-order valence-electron chi connectivity index (χ3n) is 4.85. The van der Waals surface area contributed by atoms with E-state index in [1.165, 1.54) is 0 Å². The fourth-order valence-corrected chi connectivity index (χ4v) is 3.26. The molecule has 0 unspecified atom stereocenters. The molecule has 6 nitrogen and oxygen atoms in total. The van der Waals surface area contributed by atoms with Crippen molar-refractivity contribution in [3.8, 4) is 17.2 Å². The molecule has 0 spiro atoms. The topological polar surface area (TPSA) is 68.8 Å². The van der Waals surface area contributed by atoms with Crippen LogP contribution in [0.2, 0.25) is 5.02 Å². The normalized spacial score (nSPS) is 10.6. The van der Waals surface area contributed by atoms with Crippen molar-refractivity contribution in [3.05, 3.63) is 88.9 Å². The first-order chi connectivity index (χ1) is 15.6. The second-order valence-corrected chi connectivity index (χ2v) is 7.46. The highest BCUT2D eigenvalue weighted by Gasteiger charge is 2.17. The van der Waals surface area contributed by atoms with Crippen molar-refractivity contribution in [1.29, 1.82) is 0 Å². The third kappa shape index (κ3) is 6.90. The van der Waals surface area contributed by atoms with E-state index in [4.69, 9.17) is 25.8 Å². The predicted octanol–water partition coefficient (Wildman–Crippen LogP) is 4.23. The zero-order chi connectivity index (χ0) is 22.8. The molecular formula is C25H27ClN2O4. The lowest BCUT2D eigenvalue weighted by Gasteiger charge is -2.21. The molecule has 7 heteroatoms. The monoisotopic (exact) mass is 454 g/mol. The zero-order valence-electron chi connectivity index (χ0n) is 18.1. The third-order valence-corrected chi connectivity index (χ3v) is 5.10. The van der Waals surface area contributed by atoms with Crippen molar-refractivity contribution in [2.24, 2.45) is 0 Å². The van der Waals surface area contributed by atoms with E-state index in [1.807, 2.05) is 60.7 Å². The van der Waals surface area contributed by atoms with Crippen LogP contribution in [-0.2, 0) is 4.79 Å². The summed E-state index contributed by atoms with van der Waals surface area (Å²) in [6, 6.07) is 22.2. The molecular weight excluding hydrogens is 428 g/mol. The fourth-order valence-electron chi connectivity index (χ4n) is 3.14. The minimum absolute atomic E-state index is 0.117. The molecule has 0 aliphatic heterocycles. The Morgan fingerprint density at radius 3 is 1.81 bits per heavy atom. The number of rotatable bonds is 11. The summed E-state index contributed by atoms with van der Waals surface area (Å²) in [4.78, 5) is 12.6. The van der Waals surface area contributed by atoms with Crippen molar-refractivity contribution >= 4 is 17.5 Å². The largest absolute Gasteiger partial charge is 0.497 e. The Labute approximate surface area is 193 Å². The molecule has 0 aliphatic rings. The van der Waals surface area contributed by atoms with E-state index in [0.717, 1.165) is 28.4 Å². The Balaban J connectivity index is 1.56. The van der Waals surface area contributed by atoms with Crippen molar-refractivity contribution in [1.82, 2.24) is 10.6 Å². The molecule has 0 radical (unpaired) electrons. The maximum absolute atomic E-state index is 12.6. The summed E-state index contributed by atoms with van der Waals surface area (Å²) in [5.41, 5.74) is 1.91. The van der Waals surface area contributed by atoms with Crippen LogP contribution < -0.4 is 24.8 Å². The van der Waals surface area contributed by atoms with Crippen LogP contribution in [0.3, 0.4) is 0 Å². The van der Waals surface area contributed by atoms with Crippen molar-refractivity contribution in [2.75, 3.05) is 33.9 Å². The van der Waals surface area contributed by atoms with E-state index in [2.05, 4.69) is 10.6 Å². The summed E-state index contributed by atoms with van der Waals surface area (Å²) in [7, 11) is 3.25. The molecule has 3 aromatic carbocycles. The van der Waals surface area contributed by atoms with Crippen LogP contribution in [0.25, 0.3) is 0 Å². The van der Waals surface area contributed by atoms with Gasteiger partial charge in [-0.3, -0.25) is 4.79 Å². The summed E-state index contributed by atoms with van der Waals surface area (Å²) < 4.78 is 16.1. The summed E-state index contributed by atoms with van der Waals surface area (Å²) >= 11 is 5.87. The molecule has 0 aliphatic carbocycles. The molecule has 0 saturated carbocycles. The number of methoxy groups -OCH3 is 2. The number of hydrogen-bond donors (Lipinski definition) is 2. The van der Waals surface area contributed by atoms with Gasteiger partial charge in [0.1, 0.15) is 23.9 Å². The van der Waals surface area contributed by atoms with Gasteiger partial charge in [-0.15, -0.1) is 0 Å². The Bertz CT molecular complexity index is 929. The van der Waals surface area contributed by atoms with E-state index >= 15 is 0 Å². The van der Waals surface area contributed by atoms with Crippen LogP contribution in [0.4, 0.5) is 0 Å². The van der Waals surface area contributed by atoms with Crippen molar-refractivity contribution in [3.63, 3.8) is 0 Å². The molecule has 3 aromatic rings. The second-order valence-electron chi connectivity index (χ2n) is 7.03. The molecule has 1 amide bonds. The standard InChI is InChI=1S/C25H27ClN2O4/c1-30-21-9-3-18(4-10-21)25(19-5-11-22(31-2)12-6-19)28-24(29)17-27-15-16-32-23-13-7-20(26)8-14-23/h3-14,25,27H,15-17H2,1-2H3,(H,28,29). The van der Waals surface area contributed by atoms with Gasteiger partial charge >= 0.3 is 0 Å². The molecule has 0 bridgehead atoms. The molecule has 0 saturated heterocycles. The smallest absolute Gasteiger partial charge is 0.234 e. The van der Waals surface area contributed by atoms with E-state index in [0.29, 0.717) is 18.2 Å². The Kier molecular flexibility index (Phi) is 8.78. The van der Waals surface area contributed by atoms with Gasteiger partial charge < -0.3 is 24.8 Å². The predicted molar refractivity (Wildman–Crippen MR) is 126 cm³/mol. The highest BCUT2D eigenvalue weighted by molar-refractivity contribution is 6.30. The van der Waals surface area contributed by atoms with Gasteiger partial charge in [0, 0.05) is 11.6 Å². The molecule has 32 heavy (non-hydrogen) atoms. The van der Waals surface area contributed by atoms with Gasteiger partial charge in [-0.1, -0.05) is 35.9 Å². The Hall–Kier alpha value is -3.22. The van der Waals surface area contributed by atoms with Gasteiger partial charge in [0.25, 0.3) is 0 Å². The highest BCUT2D eigenvalue weighted by atomic mass is 35.5. The Morgan fingerprint density at radius 1 is 0.812 bits per heavy atom. The molecule has 0 heterocycles. The minimum atomic E-state index is -0.300. The maximum Gasteiger partial charge on any atom is 0.234 e. The maximum atomic E-state index is 12.6. The van der Waals surface area contributed by atoms with Crippen LogP contribution in [-0.4, -0.2) is 39.8 Å². The molecule has 168 valence electrons. The number of hydrogen-bond acceptors (Lipinski definition) is 5. The molecule has 3 rings (SSSR count). The number of halogens is 1. The van der Waals surface area contributed by atoms with Gasteiger partial charge in [-0.05, 0) is 59.7 Å². The lowest BCUT2D eigenvalue weighted by molar-refractivity contribution is -0.120. The van der Waals surface area contributed by atoms with Gasteiger partial charge in [-0.2, -0.15) is 0 Å². The summed E-state index contributed by atoms with van der Waals surface area (Å²) in [5.74, 6) is 2.14. The van der Waals surface area contributed by atoms with E-state index in [-0.39, 0.29) is 18.5 Å². The first kappa shape index (κ1) is 23.4. The van der Waals surface area contributed by atoms with Crippen LogP contribution >= 0.6 is 11.6 Å². The van der Waals surface area contributed by atoms with E-state index < -0.39 is 0 Å². The summed E-state index contributed by atoms with van der Waals surface area (Å²) in [5, 5.41) is 6.87. The average molecular weight is 455 g/mol. The SMILES string of the molecule is COc1ccc(C(NC(=O)CNCCOc2ccc(Cl)cc2)c2ccc(OC)cc2)cc1. The Morgan fingerprint density at radius 2 is 1.31 bits per heavy atom. The molecule has 0 atom stereocenters. The number of amides is 1. The quantitative estimate of drug-likeness (QED) is 0.424. The first-order valence-corrected chi connectivity index (χ1v) is 10.6. The molecule has 0 aromatic heterocycles. The van der Waals surface area contributed by atoms with Gasteiger partial charge in [-0.25, -0.2) is 0 Å². The van der Waals surface area contributed by atoms with Crippen molar-refractivity contribution in [2.45, 2.75) is 6.04 Å². The number of ether oxygens (including phenoxy) is 3. The second kappa shape index (κ2) is 12.0. The van der Waals surface area contributed by atoms with Crippen molar-refractivity contribution < 1.29 is 19.0 Å².